The molecule has 0 unspecified atom stereocenters. The first-order chi connectivity index (χ1) is 18.4. The van der Waals surface area contributed by atoms with Crippen LogP contribution in [0.4, 0.5) is 26.2 Å². The number of piperazine rings is 1. The first-order valence-corrected chi connectivity index (χ1v) is 12.5. The van der Waals surface area contributed by atoms with Crippen molar-refractivity contribution < 1.29 is 24.9 Å². The predicted molar refractivity (Wildman–Crippen MR) is 152 cm³/mol. The number of carbonyl (C=O) groups excluding carboxylic acids is 2. The minimum atomic E-state index is -0.668. The van der Waals surface area contributed by atoms with E-state index in [1.54, 1.807) is 49.6 Å². The molecule has 0 radical (unpaired) electrons. The molecule has 0 aliphatic carbocycles. The van der Waals surface area contributed by atoms with Crippen LogP contribution in [0.15, 0.2) is 29.4 Å². The Morgan fingerprint density at radius 3 is 2.54 bits per heavy atom. The number of ether oxygens (including phenoxy) is 2. The number of nitrogens with two attached hydrogens (primary N) is 1. The van der Waals surface area contributed by atoms with Gasteiger partial charge in [-0.1, -0.05) is 0 Å². The molecule has 1 fully saturated rings. The molecule has 39 heavy (non-hydrogen) atoms. The molecule has 11 nitrogen and oxygen atoms in total. The molecule has 0 saturated carbocycles. The van der Waals surface area contributed by atoms with Gasteiger partial charge >= 0.3 is 6.09 Å². The second kappa shape index (κ2) is 10.8. The number of aromatic nitrogens is 2. The number of carbonyl (C=O) groups is 2. The van der Waals surface area contributed by atoms with Gasteiger partial charge in [-0.2, -0.15) is 5.10 Å². The molecule has 1 saturated heterocycles. The third-order valence-electron chi connectivity index (χ3n) is 6.30. The van der Waals surface area contributed by atoms with Crippen molar-refractivity contribution >= 4 is 46.2 Å². The maximum Gasteiger partial charge on any atom is 0.410 e. The van der Waals surface area contributed by atoms with Gasteiger partial charge in [0.05, 0.1) is 24.0 Å². The van der Waals surface area contributed by atoms with Crippen LogP contribution >= 0.6 is 0 Å². The summed E-state index contributed by atoms with van der Waals surface area (Å²) in [5.74, 6) is -1.32. The average Bonchev–Trinajstić information content (AvgIpc) is 3.25. The molecule has 0 atom stereocenters. The number of aliphatic imine (C=N–C) groups is 1. The van der Waals surface area contributed by atoms with Gasteiger partial charge in [-0.15, -0.1) is 0 Å². The SMILES string of the molecule is CN=Cc1c(N2CCN(C(=O)OC(C)(C)C)CC2)ccc(C(=O)Nc2cc3cn(C)nc3c(F)c2OC)c1N.[HH]. The van der Waals surface area contributed by atoms with E-state index in [4.69, 9.17) is 15.2 Å². The van der Waals surface area contributed by atoms with E-state index in [0.29, 0.717) is 37.1 Å². The summed E-state index contributed by atoms with van der Waals surface area (Å²) in [7, 11) is 4.62. The third kappa shape index (κ3) is 5.74. The summed E-state index contributed by atoms with van der Waals surface area (Å²) >= 11 is 0. The number of rotatable bonds is 5. The van der Waals surface area contributed by atoms with Crippen LogP contribution in [0.3, 0.4) is 0 Å². The Morgan fingerprint density at radius 2 is 1.92 bits per heavy atom. The zero-order valence-electron chi connectivity index (χ0n) is 23.0. The van der Waals surface area contributed by atoms with Crippen LogP contribution in [0.1, 0.15) is 38.1 Å². The Hall–Kier alpha value is -4.35. The second-order valence-corrected chi connectivity index (χ2v) is 10.3. The molecule has 3 aromatic rings. The molecular weight excluding hydrogens is 505 g/mol. The number of halogens is 1. The fourth-order valence-corrected chi connectivity index (χ4v) is 4.53. The summed E-state index contributed by atoms with van der Waals surface area (Å²) in [6.07, 6.45) is 2.90. The summed E-state index contributed by atoms with van der Waals surface area (Å²) in [5, 5.41) is 7.35. The van der Waals surface area contributed by atoms with E-state index >= 15 is 4.39 Å². The Morgan fingerprint density at radius 1 is 1.23 bits per heavy atom. The molecule has 1 aliphatic heterocycles. The first-order valence-electron chi connectivity index (χ1n) is 12.5. The van der Waals surface area contributed by atoms with Gasteiger partial charge in [0.25, 0.3) is 5.91 Å². The molecule has 3 N–H and O–H groups in total. The summed E-state index contributed by atoms with van der Waals surface area (Å²) in [6, 6.07) is 5.03. The summed E-state index contributed by atoms with van der Waals surface area (Å²) < 4.78 is 27.2. The molecule has 1 aromatic heterocycles. The minimum Gasteiger partial charge on any atom is -0.491 e. The van der Waals surface area contributed by atoms with E-state index in [9.17, 15) is 9.59 Å². The molecular formula is C27H36FN7O4. The van der Waals surface area contributed by atoms with Crippen molar-refractivity contribution in [3.8, 4) is 5.75 Å². The fraction of sp³-hybridized carbons (Fsp3) is 0.407. The standard InChI is InChI=1S/C27H34FN7O4.H2/c1-27(2,3)39-26(37)35-11-9-34(10-12-35)20-8-7-17(22(29)18(20)14-30-4)25(36)31-19-13-16-15-33(5)32-23(16)21(28)24(19)38-6;/h7-8,13-15H,9-12,29H2,1-6H3,(H,31,36);1H. The quantitative estimate of drug-likeness (QED) is 0.370. The fourth-order valence-electron chi connectivity index (χ4n) is 4.53. The Labute approximate surface area is 227 Å². The van der Waals surface area contributed by atoms with Gasteiger partial charge < -0.3 is 30.3 Å². The number of methoxy groups -OCH3 is 1. The number of nitrogen functional groups attached to an aromatic ring is 1. The Balaban J connectivity index is 0.00000441. The van der Waals surface area contributed by atoms with Crippen molar-refractivity contribution in [3.05, 3.63) is 41.3 Å². The lowest BCUT2D eigenvalue weighted by Gasteiger charge is -2.37. The lowest BCUT2D eigenvalue weighted by Crippen LogP contribution is -2.50. The van der Waals surface area contributed by atoms with E-state index < -0.39 is 17.3 Å². The number of nitrogens with one attached hydrogen (secondary N) is 1. The number of fused-ring (bicyclic) bond motifs is 1. The van der Waals surface area contributed by atoms with Gasteiger partial charge in [0.1, 0.15) is 11.1 Å². The number of aryl methyl sites for hydroxylation is 1. The van der Waals surface area contributed by atoms with E-state index in [2.05, 4.69) is 20.3 Å². The number of amides is 2. The van der Waals surface area contributed by atoms with Crippen molar-refractivity contribution in [1.29, 1.82) is 0 Å². The van der Waals surface area contributed by atoms with Crippen LogP contribution in [0, 0.1) is 5.82 Å². The van der Waals surface area contributed by atoms with Crippen LogP contribution in [-0.2, 0) is 11.8 Å². The van der Waals surface area contributed by atoms with Crippen LogP contribution in [0.5, 0.6) is 5.75 Å². The average molecular weight is 542 g/mol. The monoisotopic (exact) mass is 541 g/mol. The first kappa shape index (κ1) is 27.7. The predicted octanol–water partition coefficient (Wildman–Crippen LogP) is 3.91. The van der Waals surface area contributed by atoms with Crippen molar-refractivity contribution in [2.24, 2.45) is 12.0 Å². The highest BCUT2D eigenvalue weighted by Gasteiger charge is 2.28. The van der Waals surface area contributed by atoms with Gasteiger partial charge in [-0.3, -0.25) is 14.5 Å². The summed E-state index contributed by atoms with van der Waals surface area (Å²) in [4.78, 5) is 33.7. The molecule has 0 spiro atoms. The smallest absolute Gasteiger partial charge is 0.410 e. The summed E-state index contributed by atoms with van der Waals surface area (Å²) in [5.41, 5.74) is 8.03. The van der Waals surface area contributed by atoms with Crippen LogP contribution < -0.4 is 20.7 Å². The van der Waals surface area contributed by atoms with Crippen molar-refractivity contribution in [1.82, 2.24) is 14.7 Å². The van der Waals surface area contributed by atoms with Crippen molar-refractivity contribution in [3.63, 3.8) is 0 Å². The summed E-state index contributed by atoms with van der Waals surface area (Å²) in [6.45, 7) is 7.56. The molecule has 2 amide bonds. The van der Waals surface area contributed by atoms with Crippen LogP contribution in [-0.4, -0.2) is 78.8 Å². The largest absolute Gasteiger partial charge is 0.491 e. The van der Waals surface area contributed by atoms with Gasteiger partial charge in [0.15, 0.2) is 11.6 Å². The molecule has 2 aromatic carbocycles. The number of hydrogen-bond donors (Lipinski definition) is 2. The molecule has 210 valence electrons. The minimum absolute atomic E-state index is 0. The number of anilines is 3. The molecule has 2 heterocycles. The van der Waals surface area contributed by atoms with E-state index in [1.165, 1.54) is 11.8 Å². The molecule has 0 bridgehead atoms. The molecule has 12 heteroatoms. The van der Waals surface area contributed by atoms with E-state index in [-0.39, 0.29) is 35.7 Å². The van der Waals surface area contributed by atoms with Crippen LogP contribution in [0.2, 0.25) is 0 Å². The number of nitrogens with zero attached hydrogens (tertiary/aromatic N) is 5. The maximum atomic E-state index is 15.0. The zero-order valence-corrected chi connectivity index (χ0v) is 23.0. The lowest BCUT2D eigenvalue weighted by atomic mass is 10.0. The third-order valence-corrected chi connectivity index (χ3v) is 6.30. The van der Waals surface area contributed by atoms with Gasteiger partial charge in [-0.05, 0) is 39.0 Å². The maximum absolute atomic E-state index is 15.0. The van der Waals surface area contributed by atoms with E-state index in [1.807, 2.05) is 20.8 Å². The number of benzene rings is 2. The van der Waals surface area contributed by atoms with Gasteiger partial charge in [0, 0.05) is 70.7 Å². The highest BCUT2D eigenvalue weighted by molar-refractivity contribution is 6.12. The Bertz CT molecular complexity index is 1440. The van der Waals surface area contributed by atoms with Gasteiger partial charge in [-0.25, -0.2) is 9.18 Å². The molecule has 4 rings (SSSR count). The topological polar surface area (TPSA) is 127 Å². The Kier molecular flexibility index (Phi) is 7.66. The van der Waals surface area contributed by atoms with Crippen LogP contribution in [0.25, 0.3) is 10.9 Å². The molecule has 1 aliphatic rings. The van der Waals surface area contributed by atoms with E-state index in [0.717, 1.165) is 5.69 Å². The van der Waals surface area contributed by atoms with Gasteiger partial charge in [0.2, 0.25) is 0 Å². The van der Waals surface area contributed by atoms with Crippen molar-refractivity contribution in [2.75, 3.05) is 56.3 Å². The number of hydrogen-bond acceptors (Lipinski definition) is 8. The highest BCUT2D eigenvalue weighted by Crippen LogP contribution is 2.35. The van der Waals surface area contributed by atoms with Crippen molar-refractivity contribution in [2.45, 2.75) is 26.4 Å². The second-order valence-electron chi connectivity index (χ2n) is 10.3. The highest BCUT2D eigenvalue weighted by atomic mass is 19.1. The lowest BCUT2D eigenvalue weighted by molar-refractivity contribution is 0.0240. The zero-order chi connectivity index (χ0) is 28.5. The normalized spacial score (nSPS) is 14.2.